The molecule has 0 radical (unpaired) electrons. The van der Waals surface area contributed by atoms with E-state index in [-0.39, 0.29) is 5.78 Å². The summed E-state index contributed by atoms with van der Waals surface area (Å²) in [5.74, 6) is 1.02. The maximum atomic E-state index is 11.7. The molecule has 0 fully saturated rings. The standard InChI is InChI=1S/C18H17N3O2/c1-13-8-18(17(10-19-13)14(2)22)23-16-9-20-21(12-16)11-15-6-4-3-5-7-15/h3-10,12H,11H2,1-2H3. The number of carbonyl (C=O) groups excluding carboxylic acids is 1. The van der Waals surface area contributed by atoms with Crippen LogP contribution in [0.25, 0.3) is 0 Å². The minimum absolute atomic E-state index is 0.0795. The van der Waals surface area contributed by atoms with Gasteiger partial charge in [0.25, 0.3) is 0 Å². The van der Waals surface area contributed by atoms with E-state index in [1.807, 2.05) is 43.5 Å². The molecule has 0 aliphatic carbocycles. The summed E-state index contributed by atoms with van der Waals surface area (Å²) in [5, 5.41) is 4.30. The number of benzene rings is 1. The van der Waals surface area contributed by atoms with Crippen molar-refractivity contribution in [2.75, 3.05) is 0 Å². The van der Waals surface area contributed by atoms with Gasteiger partial charge >= 0.3 is 0 Å². The first-order chi connectivity index (χ1) is 11.1. The van der Waals surface area contributed by atoms with Crippen molar-refractivity contribution in [3.8, 4) is 11.5 Å². The summed E-state index contributed by atoms with van der Waals surface area (Å²) in [4.78, 5) is 15.8. The molecular weight excluding hydrogens is 290 g/mol. The van der Waals surface area contributed by atoms with E-state index in [9.17, 15) is 4.79 Å². The fourth-order valence-electron chi connectivity index (χ4n) is 2.26. The predicted octanol–water partition coefficient (Wildman–Crippen LogP) is 3.63. The van der Waals surface area contributed by atoms with Gasteiger partial charge < -0.3 is 4.74 Å². The Morgan fingerprint density at radius 1 is 1.22 bits per heavy atom. The predicted molar refractivity (Wildman–Crippen MR) is 86.8 cm³/mol. The van der Waals surface area contributed by atoms with Gasteiger partial charge in [-0.15, -0.1) is 0 Å². The molecule has 116 valence electrons. The summed E-state index contributed by atoms with van der Waals surface area (Å²) in [6.07, 6.45) is 5.00. The second-order valence-electron chi connectivity index (χ2n) is 5.34. The normalized spacial score (nSPS) is 10.5. The van der Waals surface area contributed by atoms with E-state index < -0.39 is 0 Å². The number of hydrogen-bond acceptors (Lipinski definition) is 4. The van der Waals surface area contributed by atoms with E-state index in [1.165, 1.54) is 6.92 Å². The van der Waals surface area contributed by atoms with Crippen molar-refractivity contribution in [2.24, 2.45) is 0 Å². The molecule has 0 N–H and O–H groups in total. The van der Waals surface area contributed by atoms with E-state index in [4.69, 9.17) is 4.74 Å². The second-order valence-corrected chi connectivity index (χ2v) is 5.34. The van der Waals surface area contributed by atoms with Crippen LogP contribution in [0.5, 0.6) is 11.5 Å². The van der Waals surface area contributed by atoms with E-state index in [0.717, 1.165) is 11.3 Å². The molecule has 0 spiro atoms. The van der Waals surface area contributed by atoms with Gasteiger partial charge in [-0.3, -0.25) is 14.5 Å². The van der Waals surface area contributed by atoms with Crippen LogP contribution in [0, 0.1) is 6.92 Å². The van der Waals surface area contributed by atoms with Crippen LogP contribution in [-0.4, -0.2) is 20.5 Å². The summed E-state index contributed by atoms with van der Waals surface area (Å²) in [7, 11) is 0. The number of Topliss-reactive ketones (excluding diaryl/α,β-unsaturated/α-hetero) is 1. The number of rotatable bonds is 5. The summed E-state index contributed by atoms with van der Waals surface area (Å²) in [6, 6.07) is 11.8. The molecule has 0 aliphatic heterocycles. The largest absolute Gasteiger partial charge is 0.453 e. The highest BCUT2D eigenvalue weighted by molar-refractivity contribution is 5.96. The Labute approximate surface area is 134 Å². The van der Waals surface area contributed by atoms with Gasteiger partial charge in [0.15, 0.2) is 11.5 Å². The third-order valence-electron chi connectivity index (χ3n) is 3.41. The summed E-state index contributed by atoms with van der Waals surface area (Å²) >= 11 is 0. The third kappa shape index (κ3) is 3.63. The molecule has 5 heteroatoms. The highest BCUT2D eigenvalue weighted by atomic mass is 16.5. The SMILES string of the molecule is CC(=O)c1cnc(C)cc1Oc1cnn(Cc2ccccc2)c1. The molecule has 2 aromatic heterocycles. The zero-order valence-electron chi connectivity index (χ0n) is 13.1. The van der Waals surface area contributed by atoms with Gasteiger partial charge in [0.05, 0.1) is 24.5 Å². The van der Waals surface area contributed by atoms with Crippen molar-refractivity contribution < 1.29 is 9.53 Å². The smallest absolute Gasteiger partial charge is 0.165 e. The van der Waals surface area contributed by atoms with Crippen molar-refractivity contribution in [1.82, 2.24) is 14.8 Å². The van der Waals surface area contributed by atoms with Crippen LogP contribution in [0.1, 0.15) is 28.5 Å². The highest BCUT2D eigenvalue weighted by Gasteiger charge is 2.11. The maximum Gasteiger partial charge on any atom is 0.165 e. The lowest BCUT2D eigenvalue weighted by molar-refractivity contribution is 0.101. The van der Waals surface area contributed by atoms with Crippen LogP contribution >= 0.6 is 0 Å². The Balaban J connectivity index is 1.79. The van der Waals surface area contributed by atoms with Gasteiger partial charge in [0, 0.05) is 18.0 Å². The first-order valence-electron chi connectivity index (χ1n) is 7.33. The number of carbonyl (C=O) groups is 1. The topological polar surface area (TPSA) is 57.0 Å². The van der Waals surface area contributed by atoms with Crippen LogP contribution < -0.4 is 4.74 Å². The van der Waals surface area contributed by atoms with E-state index in [0.29, 0.717) is 23.6 Å². The van der Waals surface area contributed by atoms with Crippen LogP contribution in [0.2, 0.25) is 0 Å². The molecule has 2 heterocycles. The number of pyridine rings is 1. The Hall–Kier alpha value is -2.95. The zero-order valence-corrected chi connectivity index (χ0v) is 13.1. The Kier molecular flexibility index (Phi) is 4.19. The highest BCUT2D eigenvalue weighted by Crippen LogP contribution is 2.25. The first kappa shape index (κ1) is 15.0. The number of nitrogens with zero attached hydrogens (tertiary/aromatic N) is 3. The third-order valence-corrected chi connectivity index (χ3v) is 3.41. The summed E-state index contributed by atoms with van der Waals surface area (Å²) in [6.45, 7) is 4.02. The van der Waals surface area contributed by atoms with Crippen molar-refractivity contribution >= 4 is 5.78 Å². The van der Waals surface area contributed by atoms with Crippen molar-refractivity contribution in [2.45, 2.75) is 20.4 Å². The fraction of sp³-hybridized carbons (Fsp3) is 0.167. The average Bonchev–Trinajstić information content (AvgIpc) is 2.95. The molecule has 5 nitrogen and oxygen atoms in total. The average molecular weight is 307 g/mol. The Morgan fingerprint density at radius 2 is 2.00 bits per heavy atom. The van der Waals surface area contributed by atoms with Crippen LogP contribution in [-0.2, 0) is 6.54 Å². The van der Waals surface area contributed by atoms with E-state index in [1.54, 1.807) is 23.1 Å². The van der Waals surface area contributed by atoms with Gasteiger partial charge in [-0.05, 0) is 19.4 Å². The molecule has 0 amide bonds. The minimum atomic E-state index is -0.0795. The van der Waals surface area contributed by atoms with Gasteiger partial charge in [-0.2, -0.15) is 5.10 Å². The second kappa shape index (κ2) is 6.44. The molecule has 3 aromatic rings. The lowest BCUT2D eigenvalue weighted by atomic mass is 10.2. The lowest BCUT2D eigenvalue weighted by Gasteiger charge is -2.08. The summed E-state index contributed by atoms with van der Waals surface area (Å²) in [5.41, 5.74) is 2.42. The number of aromatic nitrogens is 3. The van der Waals surface area contributed by atoms with Gasteiger partial charge in [-0.1, -0.05) is 30.3 Å². The summed E-state index contributed by atoms with van der Waals surface area (Å²) < 4.78 is 7.62. The number of ketones is 1. The fourth-order valence-corrected chi connectivity index (χ4v) is 2.26. The monoisotopic (exact) mass is 307 g/mol. The van der Waals surface area contributed by atoms with Gasteiger partial charge in [0.2, 0.25) is 0 Å². The van der Waals surface area contributed by atoms with Crippen molar-refractivity contribution in [3.05, 3.63) is 71.8 Å². The van der Waals surface area contributed by atoms with Crippen LogP contribution in [0.15, 0.2) is 55.0 Å². The molecular formula is C18H17N3O2. The number of hydrogen-bond donors (Lipinski definition) is 0. The molecule has 0 aliphatic rings. The molecule has 0 atom stereocenters. The van der Waals surface area contributed by atoms with Crippen molar-refractivity contribution in [1.29, 1.82) is 0 Å². The van der Waals surface area contributed by atoms with Crippen LogP contribution in [0.4, 0.5) is 0 Å². The molecule has 0 saturated heterocycles. The Morgan fingerprint density at radius 3 is 2.74 bits per heavy atom. The van der Waals surface area contributed by atoms with Crippen molar-refractivity contribution in [3.63, 3.8) is 0 Å². The van der Waals surface area contributed by atoms with Crippen LogP contribution in [0.3, 0.4) is 0 Å². The molecule has 3 rings (SSSR count). The molecule has 0 saturated carbocycles. The number of ether oxygens (including phenoxy) is 1. The van der Waals surface area contributed by atoms with E-state index in [2.05, 4.69) is 10.1 Å². The van der Waals surface area contributed by atoms with Gasteiger partial charge in [0.1, 0.15) is 5.75 Å². The maximum absolute atomic E-state index is 11.7. The molecule has 0 unspecified atom stereocenters. The first-order valence-corrected chi connectivity index (χ1v) is 7.33. The number of aryl methyl sites for hydroxylation is 1. The molecule has 1 aromatic carbocycles. The quantitative estimate of drug-likeness (QED) is 0.675. The molecule has 23 heavy (non-hydrogen) atoms. The lowest BCUT2D eigenvalue weighted by Crippen LogP contribution is -2.00. The zero-order chi connectivity index (χ0) is 16.2. The minimum Gasteiger partial charge on any atom is -0.453 e. The van der Waals surface area contributed by atoms with Gasteiger partial charge in [-0.25, -0.2) is 0 Å². The molecule has 0 bridgehead atoms. The van der Waals surface area contributed by atoms with E-state index >= 15 is 0 Å². The Bertz CT molecular complexity index is 825.